The summed E-state index contributed by atoms with van der Waals surface area (Å²) in [7, 11) is 0. The van der Waals surface area contributed by atoms with E-state index in [0.717, 1.165) is 18.8 Å². The first-order valence-electron chi connectivity index (χ1n) is 5.94. The number of carbonyl (C=O) groups is 1. The molecule has 0 bridgehead atoms. The minimum Gasteiger partial charge on any atom is -0.303 e. The van der Waals surface area contributed by atoms with Crippen molar-refractivity contribution in [2.75, 3.05) is 19.6 Å². The molecular formula is C12H23NO. The van der Waals surface area contributed by atoms with Crippen molar-refractivity contribution in [2.24, 2.45) is 5.92 Å². The Labute approximate surface area is 87.7 Å². The molecule has 2 heteroatoms. The topological polar surface area (TPSA) is 20.3 Å². The molecule has 0 aromatic heterocycles. The SMILES string of the molecule is CCC1CCN(CCCCC(C)=O)C1. The lowest BCUT2D eigenvalue weighted by Gasteiger charge is -2.14. The van der Waals surface area contributed by atoms with Gasteiger partial charge in [-0.05, 0) is 45.2 Å². The summed E-state index contributed by atoms with van der Waals surface area (Å²) >= 11 is 0. The highest BCUT2D eigenvalue weighted by Crippen LogP contribution is 2.19. The van der Waals surface area contributed by atoms with Gasteiger partial charge in [0.15, 0.2) is 0 Å². The van der Waals surface area contributed by atoms with E-state index in [1.807, 2.05) is 0 Å². The molecule has 0 aromatic rings. The van der Waals surface area contributed by atoms with E-state index in [0.29, 0.717) is 5.78 Å². The van der Waals surface area contributed by atoms with Crippen molar-refractivity contribution in [1.82, 2.24) is 4.90 Å². The Morgan fingerprint density at radius 2 is 2.21 bits per heavy atom. The number of unbranched alkanes of at least 4 members (excludes halogenated alkanes) is 1. The summed E-state index contributed by atoms with van der Waals surface area (Å²) in [6.07, 6.45) is 5.73. The summed E-state index contributed by atoms with van der Waals surface area (Å²) < 4.78 is 0. The largest absolute Gasteiger partial charge is 0.303 e. The Morgan fingerprint density at radius 3 is 2.79 bits per heavy atom. The van der Waals surface area contributed by atoms with Crippen molar-refractivity contribution in [2.45, 2.75) is 46.0 Å². The van der Waals surface area contributed by atoms with Crippen molar-refractivity contribution < 1.29 is 4.79 Å². The zero-order valence-electron chi connectivity index (χ0n) is 9.59. The predicted molar refractivity (Wildman–Crippen MR) is 59.4 cm³/mol. The minimum absolute atomic E-state index is 0.331. The van der Waals surface area contributed by atoms with Crippen LogP contribution in [0.5, 0.6) is 0 Å². The van der Waals surface area contributed by atoms with Gasteiger partial charge >= 0.3 is 0 Å². The van der Waals surface area contributed by atoms with Gasteiger partial charge in [-0.1, -0.05) is 13.3 Å². The fourth-order valence-electron chi connectivity index (χ4n) is 2.16. The third kappa shape index (κ3) is 4.23. The number of hydrogen-bond acceptors (Lipinski definition) is 2. The van der Waals surface area contributed by atoms with Crippen LogP contribution in [0.1, 0.15) is 46.0 Å². The van der Waals surface area contributed by atoms with Crippen LogP contribution in [0.3, 0.4) is 0 Å². The second-order valence-electron chi connectivity index (χ2n) is 4.52. The van der Waals surface area contributed by atoms with Gasteiger partial charge in [-0.15, -0.1) is 0 Å². The normalized spacial score (nSPS) is 22.9. The van der Waals surface area contributed by atoms with Gasteiger partial charge < -0.3 is 9.69 Å². The van der Waals surface area contributed by atoms with Gasteiger partial charge in [-0.3, -0.25) is 0 Å². The Balaban J connectivity index is 2.00. The van der Waals surface area contributed by atoms with Crippen molar-refractivity contribution in [1.29, 1.82) is 0 Å². The average molecular weight is 197 g/mol. The number of rotatable bonds is 6. The Morgan fingerprint density at radius 1 is 1.43 bits per heavy atom. The zero-order valence-corrected chi connectivity index (χ0v) is 9.59. The molecule has 1 aliphatic rings. The van der Waals surface area contributed by atoms with Gasteiger partial charge in [-0.25, -0.2) is 0 Å². The van der Waals surface area contributed by atoms with Gasteiger partial charge in [-0.2, -0.15) is 0 Å². The number of Topliss-reactive ketones (excluding diaryl/α,β-unsaturated/α-hetero) is 1. The maximum absolute atomic E-state index is 10.7. The van der Waals surface area contributed by atoms with Crippen LogP contribution in [-0.4, -0.2) is 30.3 Å². The van der Waals surface area contributed by atoms with E-state index in [1.54, 1.807) is 6.92 Å². The Hall–Kier alpha value is -0.370. The van der Waals surface area contributed by atoms with Crippen LogP contribution in [0.2, 0.25) is 0 Å². The number of hydrogen-bond donors (Lipinski definition) is 0. The lowest BCUT2D eigenvalue weighted by atomic mass is 10.1. The van der Waals surface area contributed by atoms with Crippen LogP contribution in [0.4, 0.5) is 0 Å². The molecule has 82 valence electrons. The molecule has 1 heterocycles. The molecule has 0 aliphatic carbocycles. The Bertz CT molecular complexity index is 179. The lowest BCUT2D eigenvalue weighted by molar-refractivity contribution is -0.117. The maximum Gasteiger partial charge on any atom is 0.129 e. The van der Waals surface area contributed by atoms with E-state index in [1.165, 1.54) is 38.9 Å². The monoisotopic (exact) mass is 197 g/mol. The fraction of sp³-hybridized carbons (Fsp3) is 0.917. The molecular weight excluding hydrogens is 174 g/mol. The number of ketones is 1. The second-order valence-corrected chi connectivity index (χ2v) is 4.52. The first-order valence-corrected chi connectivity index (χ1v) is 5.94. The molecule has 1 saturated heterocycles. The van der Waals surface area contributed by atoms with Crippen LogP contribution in [0, 0.1) is 5.92 Å². The highest BCUT2D eigenvalue weighted by atomic mass is 16.1. The predicted octanol–water partition coefficient (Wildman–Crippen LogP) is 2.48. The van der Waals surface area contributed by atoms with Crippen molar-refractivity contribution in [3.8, 4) is 0 Å². The summed E-state index contributed by atoms with van der Waals surface area (Å²) in [5.41, 5.74) is 0. The molecule has 14 heavy (non-hydrogen) atoms. The Kier molecular flexibility index (Phi) is 5.16. The summed E-state index contributed by atoms with van der Waals surface area (Å²) in [5, 5.41) is 0. The standard InChI is InChI=1S/C12H23NO/c1-3-12-7-9-13(10-12)8-5-4-6-11(2)14/h12H,3-10H2,1-2H3. The fourth-order valence-corrected chi connectivity index (χ4v) is 2.16. The number of likely N-dealkylation sites (tertiary alicyclic amines) is 1. The smallest absolute Gasteiger partial charge is 0.129 e. The molecule has 0 N–H and O–H groups in total. The van der Waals surface area contributed by atoms with Gasteiger partial charge in [0.05, 0.1) is 0 Å². The molecule has 1 aliphatic heterocycles. The van der Waals surface area contributed by atoms with E-state index in [4.69, 9.17) is 0 Å². The van der Waals surface area contributed by atoms with E-state index in [2.05, 4.69) is 11.8 Å². The van der Waals surface area contributed by atoms with Crippen molar-refractivity contribution >= 4 is 5.78 Å². The maximum atomic E-state index is 10.7. The molecule has 1 unspecified atom stereocenters. The highest BCUT2D eigenvalue weighted by Gasteiger charge is 2.19. The van der Waals surface area contributed by atoms with Crippen LogP contribution in [-0.2, 0) is 4.79 Å². The summed E-state index contributed by atoms with van der Waals surface area (Å²) in [4.78, 5) is 13.3. The third-order valence-electron chi connectivity index (χ3n) is 3.20. The summed E-state index contributed by atoms with van der Waals surface area (Å²) in [6.45, 7) is 7.73. The molecule has 1 fully saturated rings. The first-order chi connectivity index (χ1) is 6.72. The van der Waals surface area contributed by atoms with Gasteiger partial charge in [0, 0.05) is 13.0 Å². The molecule has 1 rings (SSSR count). The van der Waals surface area contributed by atoms with E-state index in [9.17, 15) is 4.79 Å². The first kappa shape index (κ1) is 11.7. The molecule has 2 nitrogen and oxygen atoms in total. The van der Waals surface area contributed by atoms with Crippen LogP contribution < -0.4 is 0 Å². The molecule has 0 amide bonds. The molecule has 0 radical (unpaired) electrons. The van der Waals surface area contributed by atoms with E-state index < -0.39 is 0 Å². The van der Waals surface area contributed by atoms with Crippen LogP contribution in [0.15, 0.2) is 0 Å². The average Bonchev–Trinajstić information content (AvgIpc) is 2.60. The van der Waals surface area contributed by atoms with Crippen LogP contribution >= 0.6 is 0 Å². The van der Waals surface area contributed by atoms with Gasteiger partial charge in [0.25, 0.3) is 0 Å². The highest BCUT2D eigenvalue weighted by molar-refractivity contribution is 5.75. The zero-order chi connectivity index (χ0) is 10.4. The minimum atomic E-state index is 0.331. The summed E-state index contributed by atoms with van der Waals surface area (Å²) in [5.74, 6) is 1.26. The molecule has 0 spiro atoms. The molecule has 1 atom stereocenters. The number of carbonyl (C=O) groups excluding carboxylic acids is 1. The van der Waals surface area contributed by atoms with Crippen molar-refractivity contribution in [3.63, 3.8) is 0 Å². The third-order valence-corrected chi connectivity index (χ3v) is 3.20. The van der Waals surface area contributed by atoms with E-state index >= 15 is 0 Å². The van der Waals surface area contributed by atoms with Crippen molar-refractivity contribution in [3.05, 3.63) is 0 Å². The van der Waals surface area contributed by atoms with Gasteiger partial charge in [0.1, 0.15) is 5.78 Å². The van der Waals surface area contributed by atoms with E-state index in [-0.39, 0.29) is 0 Å². The molecule has 0 saturated carbocycles. The van der Waals surface area contributed by atoms with Crippen LogP contribution in [0.25, 0.3) is 0 Å². The lowest BCUT2D eigenvalue weighted by Crippen LogP contribution is -2.21. The number of nitrogens with zero attached hydrogens (tertiary/aromatic N) is 1. The van der Waals surface area contributed by atoms with Gasteiger partial charge in [0.2, 0.25) is 0 Å². The second kappa shape index (κ2) is 6.18. The molecule has 0 aromatic carbocycles. The quantitative estimate of drug-likeness (QED) is 0.610. The summed E-state index contributed by atoms with van der Waals surface area (Å²) in [6, 6.07) is 0.